The number of carbonyl (C=O) groups is 2. The second-order valence-electron chi connectivity index (χ2n) is 13.0. The molecule has 3 rings (SSSR count). The van der Waals surface area contributed by atoms with E-state index in [1.165, 1.54) is 17.1 Å². The molecule has 4 N–H and O–H groups in total. The van der Waals surface area contributed by atoms with Crippen molar-refractivity contribution in [2.45, 2.75) is 69.9 Å². The van der Waals surface area contributed by atoms with E-state index in [1.807, 2.05) is 51.1 Å². The number of benzene rings is 2. The number of nitrogens with zero attached hydrogens (tertiary/aromatic N) is 1. The van der Waals surface area contributed by atoms with E-state index in [0.29, 0.717) is 37.9 Å². The van der Waals surface area contributed by atoms with Crippen molar-refractivity contribution < 1.29 is 37.3 Å². The van der Waals surface area contributed by atoms with Gasteiger partial charge in [-0.05, 0) is 35.4 Å². The molecule has 0 aliphatic carbocycles. The second kappa shape index (κ2) is 17.1. The Labute approximate surface area is 273 Å². The van der Waals surface area contributed by atoms with Crippen molar-refractivity contribution >= 4 is 21.7 Å². The number of amides is 2. The molecule has 1 aliphatic heterocycles. The number of aliphatic hydroxyl groups excluding tert-OH is 1. The van der Waals surface area contributed by atoms with Gasteiger partial charge < -0.3 is 24.6 Å². The van der Waals surface area contributed by atoms with Crippen molar-refractivity contribution in [1.29, 1.82) is 0 Å². The highest BCUT2D eigenvalue weighted by molar-refractivity contribution is 7.92. The number of ether oxygens (including phenoxy) is 3. The van der Waals surface area contributed by atoms with Crippen molar-refractivity contribution in [1.82, 2.24) is 21.1 Å². The van der Waals surface area contributed by atoms with Gasteiger partial charge in [0.2, 0.25) is 5.91 Å². The number of sulfone groups is 1. The minimum atomic E-state index is -3.94. The number of hydrazine groups is 1. The van der Waals surface area contributed by atoms with Gasteiger partial charge in [-0.1, -0.05) is 65.0 Å². The summed E-state index contributed by atoms with van der Waals surface area (Å²) in [5.41, 5.74) is 3.15. The summed E-state index contributed by atoms with van der Waals surface area (Å²) in [6, 6.07) is 12.9. The predicted molar refractivity (Wildman–Crippen MR) is 175 cm³/mol. The van der Waals surface area contributed by atoms with Crippen LogP contribution in [0.3, 0.4) is 0 Å². The molecule has 256 valence electrons. The van der Waals surface area contributed by atoms with Crippen molar-refractivity contribution in [2.75, 3.05) is 46.6 Å². The van der Waals surface area contributed by atoms with E-state index in [1.54, 1.807) is 27.0 Å². The first-order valence-corrected chi connectivity index (χ1v) is 17.2. The number of hydrogen-bond acceptors (Lipinski definition) is 10. The molecule has 13 heteroatoms. The molecule has 12 nitrogen and oxygen atoms in total. The molecule has 0 fully saturated rings. The highest BCUT2D eigenvalue weighted by Crippen LogP contribution is 2.34. The predicted octanol–water partition coefficient (Wildman–Crippen LogP) is 2.31. The van der Waals surface area contributed by atoms with Gasteiger partial charge in [-0.3, -0.25) is 20.3 Å². The number of hydrogen-bond donors (Lipinski definition) is 4. The second-order valence-corrected chi connectivity index (χ2v) is 15.0. The Morgan fingerprint density at radius 1 is 1.04 bits per heavy atom. The number of nitrogens with one attached hydrogen (secondary N) is 3. The fourth-order valence-electron chi connectivity index (χ4n) is 5.10. The van der Waals surface area contributed by atoms with Gasteiger partial charge in [0.25, 0.3) is 5.91 Å². The van der Waals surface area contributed by atoms with Gasteiger partial charge in [-0.2, -0.15) is 0 Å². The maximum atomic E-state index is 13.8. The summed E-state index contributed by atoms with van der Waals surface area (Å²) in [7, 11) is -2.38. The van der Waals surface area contributed by atoms with Crippen molar-refractivity contribution in [3.63, 3.8) is 0 Å². The Bertz CT molecular complexity index is 1380. The molecular weight excluding hydrogens is 612 g/mol. The fourth-order valence-corrected chi connectivity index (χ4v) is 6.95. The zero-order chi connectivity index (χ0) is 33.9. The van der Waals surface area contributed by atoms with Gasteiger partial charge >= 0.3 is 0 Å². The highest BCUT2D eigenvalue weighted by Gasteiger charge is 2.36. The summed E-state index contributed by atoms with van der Waals surface area (Å²) < 4.78 is 43.9. The minimum absolute atomic E-state index is 0.0634. The Balaban J connectivity index is 1.89. The van der Waals surface area contributed by atoms with Gasteiger partial charge in [0.05, 0.1) is 30.2 Å². The van der Waals surface area contributed by atoms with Crippen molar-refractivity contribution in [2.24, 2.45) is 11.3 Å². The normalized spacial score (nSPS) is 15.2. The quantitative estimate of drug-likeness (QED) is 0.156. The number of fused-ring (bicyclic) bond motifs is 1. The molecule has 0 radical (unpaired) electrons. The lowest BCUT2D eigenvalue weighted by Crippen LogP contribution is -2.60. The molecule has 0 saturated heterocycles. The fraction of sp³-hybridized carbons (Fsp3) is 0.576. The van der Waals surface area contributed by atoms with Crippen LogP contribution in [0.2, 0.25) is 0 Å². The van der Waals surface area contributed by atoms with Crippen LogP contribution in [0.15, 0.2) is 53.4 Å². The average molecular weight is 663 g/mol. The topological polar surface area (TPSA) is 156 Å². The summed E-state index contributed by atoms with van der Waals surface area (Å²) in [6.07, 6.45) is -0.955. The van der Waals surface area contributed by atoms with Gasteiger partial charge in [0, 0.05) is 32.7 Å². The zero-order valence-corrected chi connectivity index (χ0v) is 28.6. The number of rotatable bonds is 16. The monoisotopic (exact) mass is 662 g/mol. The summed E-state index contributed by atoms with van der Waals surface area (Å²) in [4.78, 5) is 26.8. The molecule has 0 spiro atoms. The van der Waals surface area contributed by atoms with E-state index in [9.17, 15) is 23.1 Å². The Kier molecular flexibility index (Phi) is 13.8. The van der Waals surface area contributed by atoms with Crippen LogP contribution < -0.4 is 25.5 Å². The lowest BCUT2D eigenvalue weighted by molar-refractivity contribution is -0.149. The Hall–Kier alpha value is -3.23. The van der Waals surface area contributed by atoms with E-state index in [2.05, 4.69) is 16.1 Å². The van der Waals surface area contributed by atoms with Crippen molar-refractivity contribution in [3.05, 3.63) is 54.1 Å². The largest absolute Gasteiger partial charge is 0.486 e. The highest BCUT2D eigenvalue weighted by atomic mass is 32.2. The maximum absolute atomic E-state index is 13.8. The van der Waals surface area contributed by atoms with E-state index in [0.717, 1.165) is 5.56 Å². The lowest BCUT2D eigenvalue weighted by Gasteiger charge is -2.37. The van der Waals surface area contributed by atoms with E-state index < -0.39 is 38.7 Å². The van der Waals surface area contributed by atoms with Crippen LogP contribution in [0, 0.1) is 11.3 Å². The first-order chi connectivity index (χ1) is 21.7. The lowest BCUT2D eigenvalue weighted by atomic mass is 9.91. The van der Waals surface area contributed by atoms with Crippen molar-refractivity contribution in [3.8, 4) is 11.5 Å². The molecule has 2 aromatic carbocycles. The SMILES string of the molecule is COCCNCC(=O)NN(C(=O)CC(C)(C)C)C(Cc1ccccc1)[C@H](O)CNC(C(C)C)S(=O)(=O)c1ccc2c(c1)OCCO2. The molecule has 0 saturated carbocycles. The molecular formula is C33H50N4O8S. The van der Waals surface area contributed by atoms with E-state index in [4.69, 9.17) is 14.2 Å². The molecule has 3 atom stereocenters. The van der Waals surface area contributed by atoms with Crippen LogP contribution in [0.5, 0.6) is 11.5 Å². The Morgan fingerprint density at radius 2 is 1.72 bits per heavy atom. The van der Waals surface area contributed by atoms with E-state index in [-0.39, 0.29) is 42.7 Å². The third-order valence-electron chi connectivity index (χ3n) is 7.34. The van der Waals surface area contributed by atoms with Crippen LogP contribution in [0.4, 0.5) is 0 Å². The number of aliphatic hydroxyl groups is 1. The molecule has 46 heavy (non-hydrogen) atoms. The molecule has 0 aromatic heterocycles. The summed E-state index contributed by atoms with van der Waals surface area (Å²) >= 11 is 0. The van der Waals surface area contributed by atoms with Crippen LogP contribution in [-0.2, 0) is 30.6 Å². The van der Waals surface area contributed by atoms with Crippen LogP contribution in [-0.4, -0.2) is 94.4 Å². The molecule has 1 aliphatic rings. The first-order valence-electron chi connectivity index (χ1n) is 15.6. The van der Waals surface area contributed by atoms with Crippen LogP contribution in [0.25, 0.3) is 0 Å². The molecule has 2 unspecified atom stereocenters. The molecule has 0 bridgehead atoms. The summed E-state index contributed by atoms with van der Waals surface area (Å²) in [6.45, 7) is 10.6. The summed E-state index contributed by atoms with van der Waals surface area (Å²) in [5.74, 6) is -0.373. The summed E-state index contributed by atoms with van der Waals surface area (Å²) in [5, 5.41) is 17.9. The molecule has 2 aromatic rings. The maximum Gasteiger partial charge on any atom is 0.252 e. The van der Waals surface area contributed by atoms with E-state index >= 15 is 0 Å². The minimum Gasteiger partial charge on any atom is -0.486 e. The molecule has 2 amide bonds. The average Bonchev–Trinajstić information content (AvgIpc) is 3.00. The standard InChI is InChI=1S/C33H50N4O8S/c1-23(2)32(46(41,42)25-12-13-28-29(19-25)45-17-16-44-28)35-21-27(38)26(18-24-10-8-7-9-11-24)37(31(40)20-33(3,4)5)36-30(39)22-34-14-15-43-6/h7-13,19,23,26-27,32,34-35,38H,14-18,20-22H2,1-6H3,(H,36,39)/t26?,27-,32?/m1/s1. The third-order valence-corrected chi connectivity index (χ3v) is 9.63. The smallest absolute Gasteiger partial charge is 0.252 e. The van der Waals surface area contributed by atoms with Crippen LogP contribution in [0.1, 0.15) is 46.6 Å². The van der Waals surface area contributed by atoms with Gasteiger partial charge in [-0.15, -0.1) is 0 Å². The molecule has 1 heterocycles. The first kappa shape index (κ1) is 37.2. The number of methoxy groups -OCH3 is 1. The Morgan fingerprint density at radius 3 is 2.35 bits per heavy atom. The van der Waals surface area contributed by atoms with Gasteiger partial charge in [0.1, 0.15) is 18.6 Å². The van der Waals surface area contributed by atoms with Gasteiger partial charge in [-0.25, -0.2) is 13.4 Å². The third kappa shape index (κ3) is 10.9. The number of carbonyl (C=O) groups excluding carboxylic acids is 2. The zero-order valence-electron chi connectivity index (χ0n) is 27.7. The van der Waals surface area contributed by atoms with Crippen LogP contribution >= 0.6 is 0 Å². The van der Waals surface area contributed by atoms with Gasteiger partial charge in [0.15, 0.2) is 21.3 Å².